The van der Waals surface area contributed by atoms with Crippen molar-refractivity contribution < 1.29 is 0 Å². The summed E-state index contributed by atoms with van der Waals surface area (Å²) in [6, 6.07) is 3.73. The lowest BCUT2D eigenvalue weighted by atomic mass is 10.4. The number of nitrogens with one attached hydrogen (secondary N) is 1. The first-order chi connectivity index (χ1) is 5.68. The maximum atomic E-state index is 3.99. The fraction of sp³-hybridized carbons (Fsp3) is 0.375. The largest absolute Gasteiger partial charge is 0.260 e. The highest BCUT2D eigenvalue weighted by atomic mass is 15.3. The summed E-state index contributed by atoms with van der Waals surface area (Å²) in [5.41, 5.74) is 4.64. The number of hydrogen-bond acceptors (Lipinski definition) is 4. The van der Waals surface area contributed by atoms with Crippen molar-refractivity contribution in [2.45, 2.75) is 20.8 Å². The molecular weight excluding hydrogens is 152 g/mol. The van der Waals surface area contributed by atoms with Crippen LogP contribution in [-0.2, 0) is 0 Å². The molecule has 1 N–H and O–H groups in total. The monoisotopic (exact) mass is 164 g/mol. The number of aryl methyl sites for hydroxylation is 1. The summed E-state index contributed by atoms with van der Waals surface area (Å²) in [7, 11) is 0. The Kier molecular flexibility index (Phi) is 2.74. The molecule has 0 spiro atoms. The van der Waals surface area contributed by atoms with Gasteiger partial charge in [0.1, 0.15) is 0 Å². The van der Waals surface area contributed by atoms with Gasteiger partial charge in [-0.25, -0.2) is 0 Å². The Labute approximate surface area is 71.7 Å². The van der Waals surface area contributed by atoms with Gasteiger partial charge in [0.2, 0.25) is 0 Å². The molecule has 0 saturated heterocycles. The summed E-state index contributed by atoms with van der Waals surface area (Å²) in [5.74, 6) is 0.668. The van der Waals surface area contributed by atoms with Crippen LogP contribution >= 0.6 is 0 Å². The van der Waals surface area contributed by atoms with E-state index in [2.05, 4.69) is 20.7 Å². The Morgan fingerprint density at radius 3 is 2.58 bits per heavy atom. The lowest BCUT2D eigenvalue weighted by Crippen LogP contribution is -1.97. The number of hydrogen-bond donors (Lipinski definition) is 1. The van der Waals surface area contributed by atoms with Gasteiger partial charge >= 0.3 is 0 Å². The zero-order valence-electron chi connectivity index (χ0n) is 7.50. The Balaban J connectivity index is 2.65. The highest BCUT2D eigenvalue weighted by Crippen LogP contribution is 2.00. The molecule has 0 aromatic carbocycles. The molecule has 0 aliphatic rings. The summed E-state index contributed by atoms with van der Waals surface area (Å²) >= 11 is 0. The molecule has 0 saturated carbocycles. The van der Waals surface area contributed by atoms with Crippen LogP contribution in [-0.4, -0.2) is 15.9 Å². The maximum absolute atomic E-state index is 3.99. The van der Waals surface area contributed by atoms with Crippen molar-refractivity contribution in [2.24, 2.45) is 5.10 Å². The molecule has 0 aliphatic heterocycles. The van der Waals surface area contributed by atoms with E-state index in [0.29, 0.717) is 5.82 Å². The van der Waals surface area contributed by atoms with Gasteiger partial charge in [0.15, 0.2) is 5.82 Å². The first kappa shape index (κ1) is 8.64. The van der Waals surface area contributed by atoms with Crippen molar-refractivity contribution in [1.82, 2.24) is 10.2 Å². The number of anilines is 1. The number of aromatic nitrogens is 2. The normalized spacial score (nSPS) is 9.25. The summed E-state index contributed by atoms with van der Waals surface area (Å²) < 4.78 is 0. The van der Waals surface area contributed by atoms with E-state index in [-0.39, 0.29) is 0 Å². The molecule has 0 bridgehead atoms. The van der Waals surface area contributed by atoms with E-state index in [1.807, 2.05) is 32.9 Å². The number of rotatable bonds is 2. The van der Waals surface area contributed by atoms with Gasteiger partial charge in [0, 0.05) is 5.71 Å². The predicted molar refractivity (Wildman–Crippen MR) is 49.2 cm³/mol. The first-order valence-corrected chi connectivity index (χ1v) is 3.76. The molecule has 64 valence electrons. The van der Waals surface area contributed by atoms with Gasteiger partial charge in [-0.05, 0) is 32.9 Å². The Hall–Kier alpha value is -1.45. The molecule has 0 aliphatic carbocycles. The highest BCUT2D eigenvalue weighted by Gasteiger charge is 1.90. The topological polar surface area (TPSA) is 50.2 Å². The third-order valence-electron chi connectivity index (χ3n) is 1.19. The van der Waals surface area contributed by atoms with E-state index in [1.165, 1.54) is 0 Å². The second-order valence-electron chi connectivity index (χ2n) is 2.73. The van der Waals surface area contributed by atoms with E-state index in [9.17, 15) is 0 Å². The third-order valence-corrected chi connectivity index (χ3v) is 1.19. The number of nitrogens with zero attached hydrogens (tertiary/aromatic N) is 3. The molecule has 1 aromatic rings. The van der Waals surface area contributed by atoms with Crippen LogP contribution in [0.3, 0.4) is 0 Å². The third kappa shape index (κ3) is 2.65. The zero-order valence-corrected chi connectivity index (χ0v) is 7.50. The van der Waals surface area contributed by atoms with E-state index in [4.69, 9.17) is 0 Å². The Bertz CT molecular complexity index is 272. The van der Waals surface area contributed by atoms with Crippen LogP contribution in [0.1, 0.15) is 19.5 Å². The minimum Gasteiger partial charge on any atom is -0.260 e. The van der Waals surface area contributed by atoms with Gasteiger partial charge in [0.25, 0.3) is 0 Å². The molecule has 1 heterocycles. The van der Waals surface area contributed by atoms with Crippen molar-refractivity contribution in [3.8, 4) is 0 Å². The van der Waals surface area contributed by atoms with Crippen LogP contribution in [0.5, 0.6) is 0 Å². The maximum Gasteiger partial charge on any atom is 0.168 e. The van der Waals surface area contributed by atoms with Gasteiger partial charge in [-0.3, -0.25) is 5.43 Å². The molecular formula is C8H12N4. The van der Waals surface area contributed by atoms with Crippen molar-refractivity contribution >= 4 is 11.5 Å². The minimum atomic E-state index is 0.668. The molecule has 4 heteroatoms. The van der Waals surface area contributed by atoms with Crippen LogP contribution in [0, 0.1) is 6.92 Å². The van der Waals surface area contributed by atoms with Crippen LogP contribution in [0.15, 0.2) is 17.2 Å². The SMILES string of the molecule is CC(C)=NNc1ccc(C)nn1. The standard InChI is InChI=1S/C8H12N4/c1-6(2)9-11-8-5-4-7(3)10-12-8/h4-5H,1-3H3,(H,11,12). The second kappa shape index (κ2) is 3.80. The Morgan fingerprint density at radius 2 is 2.08 bits per heavy atom. The predicted octanol–water partition coefficient (Wildman–Crippen LogP) is 1.59. The highest BCUT2D eigenvalue weighted by molar-refractivity contribution is 5.79. The molecule has 0 fully saturated rings. The molecule has 0 radical (unpaired) electrons. The van der Waals surface area contributed by atoms with Crippen molar-refractivity contribution in [1.29, 1.82) is 0 Å². The van der Waals surface area contributed by atoms with Crippen molar-refractivity contribution in [3.05, 3.63) is 17.8 Å². The lowest BCUT2D eigenvalue weighted by molar-refractivity contribution is 0.975. The first-order valence-electron chi connectivity index (χ1n) is 3.76. The van der Waals surface area contributed by atoms with E-state index < -0.39 is 0 Å². The lowest BCUT2D eigenvalue weighted by Gasteiger charge is -1.98. The van der Waals surface area contributed by atoms with E-state index in [0.717, 1.165) is 11.4 Å². The molecule has 1 aromatic heterocycles. The average molecular weight is 164 g/mol. The summed E-state index contributed by atoms with van der Waals surface area (Å²) in [6.07, 6.45) is 0. The van der Waals surface area contributed by atoms with Gasteiger partial charge in [-0.2, -0.15) is 10.2 Å². The van der Waals surface area contributed by atoms with Crippen molar-refractivity contribution in [2.75, 3.05) is 5.43 Å². The summed E-state index contributed by atoms with van der Waals surface area (Å²) in [5, 5.41) is 11.7. The fourth-order valence-corrected chi connectivity index (χ4v) is 0.628. The van der Waals surface area contributed by atoms with Crippen molar-refractivity contribution in [3.63, 3.8) is 0 Å². The number of hydrazone groups is 1. The molecule has 0 atom stereocenters. The van der Waals surface area contributed by atoms with Gasteiger partial charge < -0.3 is 0 Å². The van der Waals surface area contributed by atoms with Crippen LogP contribution in [0.25, 0.3) is 0 Å². The Morgan fingerprint density at radius 1 is 1.33 bits per heavy atom. The molecule has 12 heavy (non-hydrogen) atoms. The van der Waals surface area contributed by atoms with E-state index >= 15 is 0 Å². The van der Waals surface area contributed by atoms with Gasteiger partial charge in [-0.1, -0.05) is 0 Å². The molecule has 0 unspecified atom stereocenters. The summed E-state index contributed by atoms with van der Waals surface area (Å²) in [4.78, 5) is 0. The fourth-order valence-electron chi connectivity index (χ4n) is 0.628. The zero-order chi connectivity index (χ0) is 8.97. The average Bonchev–Trinajstić information content (AvgIpc) is 2.03. The van der Waals surface area contributed by atoms with Crippen LogP contribution in [0.2, 0.25) is 0 Å². The van der Waals surface area contributed by atoms with Gasteiger partial charge in [-0.15, -0.1) is 5.10 Å². The minimum absolute atomic E-state index is 0.668. The second-order valence-corrected chi connectivity index (χ2v) is 2.73. The molecule has 0 amide bonds. The smallest absolute Gasteiger partial charge is 0.168 e. The van der Waals surface area contributed by atoms with Gasteiger partial charge in [0.05, 0.1) is 5.69 Å². The van der Waals surface area contributed by atoms with E-state index in [1.54, 1.807) is 0 Å². The quantitative estimate of drug-likeness (QED) is 0.533. The van der Waals surface area contributed by atoms with Crippen LogP contribution in [0.4, 0.5) is 5.82 Å². The summed E-state index contributed by atoms with van der Waals surface area (Å²) in [6.45, 7) is 5.72. The molecule has 4 nitrogen and oxygen atoms in total. The molecule has 1 rings (SSSR count). The van der Waals surface area contributed by atoms with Crippen LogP contribution < -0.4 is 5.43 Å².